The van der Waals surface area contributed by atoms with E-state index in [2.05, 4.69) is 4.98 Å². The van der Waals surface area contributed by atoms with Gasteiger partial charge >= 0.3 is 0 Å². The quantitative estimate of drug-likeness (QED) is 0.801. The van der Waals surface area contributed by atoms with Crippen LogP contribution in [0.5, 0.6) is 11.6 Å². The maximum Gasteiger partial charge on any atom is 0.297 e. The van der Waals surface area contributed by atoms with Gasteiger partial charge in [-0.1, -0.05) is 17.7 Å². The minimum absolute atomic E-state index is 0.120. The number of nitrogens with zero attached hydrogens (tertiary/aromatic N) is 1. The lowest BCUT2D eigenvalue weighted by molar-refractivity contribution is 0.0519. The lowest BCUT2D eigenvalue weighted by Gasteiger charge is -2.25. The van der Waals surface area contributed by atoms with Crippen molar-refractivity contribution in [2.45, 2.75) is 17.9 Å². The molecule has 1 aliphatic heterocycles. The van der Waals surface area contributed by atoms with Crippen molar-refractivity contribution in [3.05, 3.63) is 48.2 Å². The molecule has 3 rings (SSSR count). The number of benzene rings is 1. The number of ether oxygens (including phenoxy) is 2. The van der Waals surface area contributed by atoms with E-state index in [1.54, 1.807) is 30.5 Å². The van der Waals surface area contributed by atoms with E-state index in [1.165, 1.54) is 12.1 Å². The predicted molar refractivity (Wildman–Crippen MR) is 78.5 cm³/mol. The van der Waals surface area contributed by atoms with E-state index < -0.39 is 16.2 Å². The van der Waals surface area contributed by atoms with Gasteiger partial charge in [-0.15, -0.1) is 0 Å². The highest BCUT2D eigenvalue weighted by molar-refractivity contribution is 7.86. The fourth-order valence-corrected chi connectivity index (χ4v) is 2.92. The number of hydrogen-bond acceptors (Lipinski definition) is 6. The fraction of sp³-hybridized carbons (Fsp3) is 0.267. The van der Waals surface area contributed by atoms with Gasteiger partial charge in [-0.05, 0) is 31.2 Å². The summed E-state index contributed by atoms with van der Waals surface area (Å²) >= 11 is 0. The van der Waals surface area contributed by atoms with Crippen LogP contribution >= 0.6 is 0 Å². The molecule has 1 aromatic carbocycles. The smallest absolute Gasteiger partial charge is 0.297 e. The summed E-state index contributed by atoms with van der Waals surface area (Å²) in [4.78, 5) is 4.13. The van der Waals surface area contributed by atoms with Crippen molar-refractivity contribution in [2.24, 2.45) is 0 Å². The van der Waals surface area contributed by atoms with Crippen LogP contribution in [-0.4, -0.2) is 32.7 Å². The summed E-state index contributed by atoms with van der Waals surface area (Å²) in [7, 11) is -3.80. The second kappa shape index (κ2) is 5.94. The van der Waals surface area contributed by atoms with E-state index in [0.717, 1.165) is 5.56 Å². The second-order valence-electron chi connectivity index (χ2n) is 4.91. The van der Waals surface area contributed by atoms with E-state index in [0.29, 0.717) is 11.6 Å². The Labute approximate surface area is 128 Å². The van der Waals surface area contributed by atoms with E-state index >= 15 is 0 Å². The summed E-state index contributed by atoms with van der Waals surface area (Å²) in [6.07, 6.45) is 1.10. The van der Waals surface area contributed by atoms with Crippen LogP contribution in [0, 0.1) is 6.92 Å². The Kier molecular flexibility index (Phi) is 4.00. The van der Waals surface area contributed by atoms with E-state index in [4.69, 9.17) is 13.7 Å². The molecule has 0 saturated heterocycles. The second-order valence-corrected chi connectivity index (χ2v) is 6.52. The average Bonchev–Trinajstić information content (AvgIpc) is 2.53. The third-order valence-electron chi connectivity index (χ3n) is 3.15. The first-order valence-corrected chi connectivity index (χ1v) is 8.16. The van der Waals surface area contributed by atoms with Crippen molar-refractivity contribution >= 4 is 10.1 Å². The minimum atomic E-state index is -3.80. The van der Waals surface area contributed by atoms with Crippen LogP contribution < -0.4 is 9.47 Å². The molecule has 22 heavy (non-hydrogen) atoms. The van der Waals surface area contributed by atoms with Crippen LogP contribution in [0.2, 0.25) is 0 Å². The minimum Gasteiger partial charge on any atom is -0.479 e. The number of hydrogen-bond donors (Lipinski definition) is 0. The van der Waals surface area contributed by atoms with E-state index in [9.17, 15) is 8.42 Å². The third-order valence-corrected chi connectivity index (χ3v) is 4.45. The van der Waals surface area contributed by atoms with Crippen molar-refractivity contribution in [3.8, 4) is 11.6 Å². The molecule has 0 radical (unpaired) electrons. The lowest BCUT2D eigenvalue weighted by atomic mass is 10.2. The first-order chi connectivity index (χ1) is 10.5. The summed E-state index contributed by atoms with van der Waals surface area (Å²) in [6.45, 7) is 1.95. The summed E-state index contributed by atoms with van der Waals surface area (Å²) in [5.74, 6) is 0.884. The monoisotopic (exact) mass is 321 g/mol. The van der Waals surface area contributed by atoms with Crippen molar-refractivity contribution in [2.75, 3.05) is 13.2 Å². The molecular weight excluding hydrogens is 306 g/mol. The topological polar surface area (TPSA) is 74.7 Å². The standard InChI is InChI=1S/C15H15NO5S/c1-11-4-6-13(7-5-11)22(17,18)20-10-12-9-19-15-14(21-12)3-2-8-16-15/h2-8,12H,9-10H2,1H3. The highest BCUT2D eigenvalue weighted by Crippen LogP contribution is 2.28. The summed E-state index contributed by atoms with van der Waals surface area (Å²) in [6, 6.07) is 9.90. The number of fused-ring (bicyclic) bond motifs is 1. The van der Waals surface area contributed by atoms with Crippen LogP contribution in [-0.2, 0) is 14.3 Å². The number of aryl methyl sites for hydroxylation is 1. The van der Waals surface area contributed by atoms with Gasteiger partial charge in [-0.2, -0.15) is 8.42 Å². The van der Waals surface area contributed by atoms with E-state index in [1.807, 2.05) is 6.92 Å². The van der Waals surface area contributed by atoms with Crippen molar-refractivity contribution < 1.29 is 22.1 Å². The number of aromatic nitrogens is 1. The van der Waals surface area contributed by atoms with Crippen LogP contribution in [0.15, 0.2) is 47.5 Å². The Morgan fingerprint density at radius 2 is 2.05 bits per heavy atom. The SMILES string of the molecule is Cc1ccc(S(=O)(=O)OCC2COc3ncccc3O2)cc1. The molecule has 1 aliphatic rings. The molecule has 0 fully saturated rings. The zero-order chi connectivity index (χ0) is 15.6. The Hall–Kier alpha value is -2.12. The Morgan fingerprint density at radius 3 is 2.82 bits per heavy atom. The highest BCUT2D eigenvalue weighted by atomic mass is 32.2. The zero-order valence-electron chi connectivity index (χ0n) is 11.9. The van der Waals surface area contributed by atoms with Gasteiger partial charge in [-0.25, -0.2) is 4.98 Å². The first kappa shape index (κ1) is 14.8. The molecule has 2 heterocycles. The summed E-state index contributed by atoms with van der Waals surface area (Å²) in [5.41, 5.74) is 0.979. The molecule has 7 heteroatoms. The lowest BCUT2D eigenvalue weighted by Crippen LogP contribution is -2.34. The Bertz CT molecular complexity index is 758. The van der Waals surface area contributed by atoms with Crippen LogP contribution in [0.1, 0.15) is 5.56 Å². The molecule has 116 valence electrons. The molecule has 0 aliphatic carbocycles. The van der Waals surface area contributed by atoms with Gasteiger partial charge in [0.15, 0.2) is 11.9 Å². The Morgan fingerprint density at radius 1 is 1.27 bits per heavy atom. The van der Waals surface area contributed by atoms with Crippen molar-refractivity contribution in [1.29, 1.82) is 0 Å². The fourth-order valence-electron chi connectivity index (χ4n) is 1.98. The Balaban J connectivity index is 1.64. The maximum atomic E-state index is 12.1. The van der Waals surface area contributed by atoms with Gasteiger partial charge in [0, 0.05) is 6.20 Å². The van der Waals surface area contributed by atoms with Crippen LogP contribution in [0.3, 0.4) is 0 Å². The summed E-state index contributed by atoms with van der Waals surface area (Å²) in [5, 5.41) is 0. The molecule has 1 aromatic heterocycles. The predicted octanol–water partition coefficient (Wildman–Crippen LogP) is 1.94. The maximum absolute atomic E-state index is 12.1. The van der Waals surface area contributed by atoms with Crippen LogP contribution in [0.4, 0.5) is 0 Å². The van der Waals surface area contributed by atoms with Gasteiger partial charge in [-0.3, -0.25) is 4.18 Å². The molecule has 0 N–H and O–H groups in total. The van der Waals surface area contributed by atoms with Gasteiger partial charge in [0.1, 0.15) is 13.2 Å². The zero-order valence-corrected chi connectivity index (χ0v) is 12.7. The van der Waals surface area contributed by atoms with Gasteiger partial charge < -0.3 is 9.47 Å². The largest absolute Gasteiger partial charge is 0.479 e. The molecule has 0 saturated carbocycles. The first-order valence-electron chi connectivity index (χ1n) is 6.75. The summed E-state index contributed by atoms with van der Waals surface area (Å²) < 4.78 is 40.3. The normalized spacial score (nSPS) is 17.2. The number of rotatable bonds is 4. The van der Waals surface area contributed by atoms with Crippen molar-refractivity contribution in [1.82, 2.24) is 4.98 Å². The van der Waals surface area contributed by atoms with Gasteiger partial charge in [0.2, 0.25) is 0 Å². The molecule has 0 amide bonds. The highest BCUT2D eigenvalue weighted by Gasteiger charge is 2.25. The molecular formula is C15H15NO5S. The molecule has 6 nitrogen and oxygen atoms in total. The molecule has 1 unspecified atom stereocenters. The molecule has 2 aromatic rings. The van der Waals surface area contributed by atoms with Gasteiger partial charge in [0.05, 0.1) is 4.90 Å². The van der Waals surface area contributed by atoms with E-state index in [-0.39, 0.29) is 18.1 Å². The van der Waals surface area contributed by atoms with Crippen molar-refractivity contribution in [3.63, 3.8) is 0 Å². The molecule has 0 spiro atoms. The number of pyridine rings is 1. The van der Waals surface area contributed by atoms with Crippen LogP contribution in [0.25, 0.3) is 0 Å². The van der Waals surface area contributed by atoms with Gasteiger partial charge in [0.25, 0.3) is 16.0 Å². The molecule has 1 atom stereocenters. The average molecular weight is 321 g/mol. The third kappa shape index (κ3) is 3.20. The molecule has 0 bridgehead atoms.